The third-order valence-electron chi connectivity index (χ3n) is 14.5. The van der Waals surface area contributed by atoms with Gasteiger partial charge < -0.3 is 9.15 Å². The van der Waals surface area contributed by atoms with Crippen molar-refractivity contribution in [1.82, 2.24) is 0 Å². The van der Waals surface area contributed by atoms with Gasteiger partial charge in [0, 0.05) is 27.1 Å². The highest BCUT2D eigenvalue weighted by atomic mass is 16.5. The molecule has 15 rings (SSSR count). The first-order valence-electron chi connectivity index (χ1n) is 21.8. The van der Waals surface area contributed by atoms with Crippen molar-refractivity contribution in [2.24, 2.45) is 0 Å². The van der Waals surface area contributed by atoms with Crippen LogP contribution in [-0.2, 0) is 5.41 Å². The van der Waals surface area contributed by atoms with E-state index in [0.717, 1.165) is 66.3 Å². The summed E-state index contributed by atoms with van der Waals surface area (Å²) in [6.45, 7) is 0. The van der Waals surface area contributed by atoms with E-state index in [-0.39, 0.29) is 0 Å². The summed E-state index contributed by atoms with van der Waals surface area (Å²) in [5.74, 6) is 1.75. The molecule has 11 aromatic carbocycles. The maximum atomic E-state index is 6.85. The van der Waals surface area contributed by atoms with Crippen molar-refractivity contribution >= 4 is 54.3 Å². The quantitative estimate of drug-likeness (QED) is 0.174. The summed E-state index contributed by atoms with van der Waals surface area (Å²) in [7, 11) is 0. The van der Waals surface area contributed by atoms with Crippen LogP contribution >= 0.6 is 0 Å². The summed E-state index contributed by atoms with van der Waals surface area (Å²) in [6.07, 6.45) is 0. The zero-order chi connectivity index (χ0) is 41.0. The molecule has 0 radical (unpaired) electrons. The molecule has 12 aromatic rings. The Morgan fingerprint density at radius 1 is 0.317 bits per heavy atom. The normalized spacial score (nSPS) is 15.2. The van der Waals surface area contributed by atoms with Crippen molar-refractivity contribution in [3.8, 4) is 67.1 Å². The van der Waals surface area contributed by atoms with Crippen molar-refractivity contribution in [2.45, 2.75) is 5.41 Å². The molecule has 2 heteroatoms. The first kappa shape index (κ1) is 33.5. The predicted molar refractivity (Wildman–Crippen MR) is 259 cm³/mol. The third-order valence-corrected chi connectivity index (χ3v) is 14.5. The smallest absolute Gasteiger partial charge is 0.143 e. The van der Waals surface area contributed by atoms with Gasteiger partial charge in [-0.1, -0.05) is 176 Å². The molecule has 290 valence electrons. The standard InChI is InChI=1S/C61H34O2/c1-2-15-39-35(12-1)28-30-47-59-43(22-11-27-54(59)63-60(39)47)40-31-33-55-58-42(40)20-9-21-45(58)48-34-37(29-32-53(48)62-55)38-18-10-26-52-57(38)46-17-4-6-24-50(46)61(52)49-23-5-3-16-41(49)44-19-7-13-36-14-8-25-51(61)56(36)44/h1-34H. The van der Waals surface area contributed by atoms with E-state index in [1.807, 2.05) is 0 Å². The maximum absolute atomic E-state index is 6.85. The van der Waals surface area contributed by atoms with Crippen LogP contribution in [0.2, 0.25) is 0 Å². The number of fused-ring (bicyclic) bond motifs is 16. The molecule has 1 aromatic heterocycles. The van der Waals surface area contributed by atoms with Gasteiger partial charge in [-0.05, 0) is 124 Å². The van der Waals surface area contributed by atoms with Crippen LogP contribution in [0.3, 0.4) is 0 Å². The Labute approximate surface area is 362 Å². The van der Waals surface area contributed by atoms with E-state index in [2.05, 4.69) is 206 Å². The highest BCUT2D eigenvalue weighted by molar-refractivity contribution is 6.21. The van der Waals surface area contributed by atoms with E-state index in [1.165, 1.54) is 77.4 Å². The molecule has 3 aliphatic rings. The summed E-state index contributed by atoms with van der Waals surface area (Å²) in [5, 5.41) is 9.47. The molecule has 63 heavy (non-hydrogen) atoms. The van der Waals surface area contributed by atoms with Gasteiger partial charge in [0.25, 0.3) is 0 Å². The molecule has 1 aliphatic heterocycles. The summed E-state index contributed by atoms with van der Waals surface area (Å²) >= 11 is 0. The van der Waals surface area contributed by atoms with Gasteiger partial charge >= 0.3 is 0 Å². The molecule has 0 saturated heterocycles. The van der Waals surface area contributed by atoms with Crippen molar-refractivity contribution in [2.75, 3.05) is 0 Å². The first-order chi connectivity index (χ1) is 31.3. The second kappa shape index (κ2) is 12.0. The van der Waals surface area contributed by atoms with Crippen molar-refractivity contribution < 1.29 is 9.15 Å². The zero-order valence-corrected chi connectivity index (χ0v) is 33.9. The van der Waals surface area contributed by atoms with Crippen LogP contribution in [0.5, 0.6) is 11.5 Å². The molecular weight excluding hydrogens is 765 g/mol. The molecule has 0 N–H and O–H groups in total. The van der Waals surface area contributed by atoms with E-state index >= 15 is 0 Å². The van der Waals surface area contributed by atoms with Crippen molar-refractivity contribution in [3.63, 3.8) is 0 Å². The fraction of sp³-hybridized carbons (Fsp3) is 0.0164. The Hall–Kier alpha value is -8.20. The molecule has 2 aliphatic carbocycles. The number of furan rings is 1. The lowest BCUT2D eigenvalue weighted by molar-refractivity contribution is 0.487. The number of rotatable bonds is 2. The Morgan fingerprint density at radius 2 is 0.937 bits per heavy atom. The van der Waals surface area contributed by atoms with Crippen LogP contribution in [0.15, 0.2) is 211 Å². The van der Waals surface area contributed by atoms with Gasteiger partial charge in [-0.2, -0.15) is 0 Å². The molecule has 0 amide bonds. The lowest BCUT2D eigenvalue weighted by atomic mass is 9.61. The molecule has 0 bridgehead atoms. The second-order valence-corrected chi connectivity index (χ2v) is 17.4. The van der Waals surface area contributed by atoms with E-state index in [4.69, 9.17) is 9.15 Å². The second-order valence-electron chi connectivity index (χ2n) is 17.4. The fourth-order valence-electron chi connectivity index (χ4n) is 12.0. The minimum Gasteiger partial charge on any atom is -0.456 e. The van der Waals surface area contributed by atoms with Gasteiger partial charge in [0.1, 0.15) is 22.7 Å². The Balaban J connectivity index is 0.942. The molecule has 1 atom stereocenters. The fourth-order valence-corrected chi connectivity index (χ4v) is 12.0. The van der Waals surface area contributed by atoms with E-state index in [1.54, 1.807) is 0 Å². The minimum atomic E-state index is -0.471. The Morgan fingerprint density at radius 3 is 1.84 bits per heavy atom. The predicted octanol–water partition coefficient (Wildman–Crippen LogP) is 16.5. The highest BCUT2D eigenvalue weighted by Gasteiger charge is 2.50. The van der Waals surface area contributed by atoms with Gasteiger partial charge in [-0.25, -0.2) is 0 Å². The molecule has 2 heterocycles. The molecule has 2 nitrogen and oxygen atoms in total. The van der Waals surface area contributed by atoms with Crippen LogP contribution in [0.1, 0.15) is 22.3 Å². The Bertz CT molecular complexity index is 4010. The van der Waals surface area contributed by atoms with E-state index in [9.17, 15) is 0 Å². The first-order valence-corrected chi connectivity index (χ1v) is 21.8. The van der Waals surface area contributed by atoms with Gasteiger partial charge in [0.15, 0.2) is 0 Å². The number of ether oxygens (including phenoxy) is 1. The molecule has 0 saturated carbocycles. The average Bonchev–Trinajstić information content (AvgIpc) is 3.88. The van der Waals surface area contributed by atoms with Crippen molar-refractivity contribution in [3.05, 3.63) is 229 Å². The van der Waals surface area contributed by atoms with Crippen LogP contribution in [-0.4, -0.2) is 0 Å². The van der Waals surface area contributed by atoms with Crippen LogP contribution in [0.25, 0.3) is 110 Å². The largest absolute Gasteiger partial charge is 0.456 e. The topological polar surface area (TPSA) is 22.4 Å². The minimum absolute atomic E-state index is 0.471. The van der Waals surface area contributed by atoms with Gasteiger partial charge in [-0.15, -0.1) is 0 Å². The van der Waals surface area contributed by atoms with Crippen LogP contribution < -0.4 is 4.74 Å². The lowest BCUT2D eigenvalue weighted by Crippen LogP contribution is -2.31. The van der Waals surface area contributed by atoms with Gasteiger partial charge in [0.05, 0.1) is 5.41 Å². The molecule has 0 fully saturated rings. The molecular formula is C61H34O2. The van der Waals surface area contributed by atoms with Gasteiger partial charge in [0.2, 0.25) is 0 Å². The maximum Gasteiger partial charge on any atom is 0.143 e. The van der Waals surface area contributed by atoms with E-state index in [0.29, 0.717) is 0 Å². The summed E-state index contributed by atoms with van der Waals surface area (Å²) in [6, 6.07) is 76.0. The zero-order valence-electron chi connectivity index (χ0n) is 33.9. The number of hydrogen-bond acceptors (Lipinski definition) is 2. The van der Waals surface area contributed by atoms with Crippen LogP contribution in [0.4, 0.5) is 0 Å². The number of hydrogen-bond donors (Lipinski definition) is 0. The molecule has 1 spiro atoms. The monoisotopic (exact) mass is 798 g/mol. The highest BCUT2D eigenvalue weighted by Crippen LogP contribution is 2.63. The summed E-state index contributed by atoms with van der Waals surface area (Å²) in [4.78, 5) is 0. The van der Waals surface area contributed by atoms with Crippen molar-refractivity contribution in [1.29, 1.82) is 0 Å². The third kappa shape index (κ3) is 4.18. The van der Waals surface area contributed by atoms with Crippen LogP contribution in [0, 0.1) is 0 Å². The summed E-state index contributed by atoms with van der Waals surface area (Å²) in [5.41, 5.74) is 18.9. The Kier molecular flexibility index (Phi) is 6.38. The van der Waals surface area contributed by atoms with Gasteiger partial charge in [-0.3, -0.25) is 0 Å². The summed E-state index contributed by atoms with van der Waals surface area (Å²) < 4.78 is 13.5. The molecule has 1 unspecified atom stereocenters. The number of benzene rings is 11. The SMILES string of the molecule is c1ccc2c(c1)-c1c(-c3ccc4c(c3)-c3cccc5c(-c6cccc7oc8c9ccccc9ccc8c67)ccc(c35)O4)cccc1C21c2ccccc2-c2cccc3cccc1c23. The average molecular weight is 799 g/mol. The lowest BCUT2D eigenvalue weighted by Gasteiger charge is -2.40. The van der Waals surface area contributed by atoms with E-state index < -0.39 is 5.41 Å².